The predicted octanol–water partition coefficient (Wildman–Crippen LogP) is 4.13. The van der Waals surface area contributed by atoms with Gasteiger partial charge in [-0.3, -0.25) is 4.57 Å². The molecular formula is C17H17N3OS2. The first-order chi connectivity index (χ1) is 11.3. The molecule has 0 bridgehead atoms. The van der Waals surface area contributed by atoms with E-state index in [-0.39, 0.29) is 6.61 Å². The predicted molar refractivity (Wildman–Crippen MR) is 93.5 cm³/mol. The van der Waals surface area contributed by atoms with Crippen LogP contribution in [-0.2, 0) is 12.4 Å². The maximum atomic E-state index is 9.11. The van der Waals surface area contributed by atoms with Gasteiger partial charge in [-0.1, -0.05) is 42.1 Å². The van der Waals surface area contributed by atoms with Crippen LogP contribution in [0.5, 0.6) is 0 Å². The van der Waals surface area contributed by atoms with Crippen molar-refractivity contribution in [3.05, 3.63) is 52.9 Å². The van der Waals surface area contributed by atoms with Gasteiger partial charge in [0.15, 0.2) is 11.0 Å². The number of thiophene rings is 1. The summed E-state index contributed by atoms with van der Waals surface area (Å²) in [6.07, 6.45) is 2.43. The van der Waals surface area contributed by atoms with Gasteiger partial charge in [0.1, 0.15) is 0 Å². The van der Waals surface area contributed by atoms with E-state index in [0.29, 0.717) is 6.04 Å². The molecule has 2 aromatic heterocycles. The van der Waals surface area contributed by atoms with Gasteiger partial charge >= 0.3 is 0 Å². The van der Waals surface area contributed by atoms with Crippen molar-refractivity contribution in [2.75, 3.05) is 0 Å². The summed E-state index contributed by atoms with van der Waals surface area (Å²) in [5.41, 5.74) is 2.18. The second kappa shape index (κ2) is 6.47. The van der Waals surface area contributed by atoms with Gasteiger partial charge in [0.25, 0.3) is 0 Å². The second-order valence-electron chi connectivity index (χ2n) is 5.65. The van der Waals surface area contributed by atoms with E-state index in [2.05, 4.69) is 44.4 Å². The standard InChI is InChI=1S/C17H17N3OS2/c21-10-12-3-5-13(6-4-12)11-23-17-19-18-16(15-2-1-9-22-15)20(17)14-7-8-14/h1-6,9,14,21H,7-8,10-11H2. The quantitative estimate of drug-likeness (QED) is 0.684. The Kier molecular flexibility index (Phi) is 4.20. The number of benzene rings is 1. The van der Waals surface area contributed by atoms with E-state index in [0.717, 1.165) is 22.3 Å². The first kappa shape index (κ1) is 14.9. The Labute approximate surface area is 143 Å². The van der Waals surface area contributed by atoms with Crippen LogP contribution in [0.1, 0.15) is 30.0 Å². The van der Waals surface area contributed by atoms with Gasteiger partial charge in [-0.2, -0.15) is 0 Å². The van der Waals surface area contributed by atoms with Crippen molar-refractivity contribution < 1.29 is 5.11 Å². The van der Waals surface area contributed by atoms with E-state index in [1.54, 1.807) is 23.1 Å². The van der Waals surface area contributed by atoms with Crippen molar-refractivity contribution in [2.24, 2.45) is 0 Å². The number of hydrogen-bond acceptors (Lipinski definition) is 5. The molecule has 0 atom stereocenters. The Morgan fingerprint density at radius 3 is 2.57 bits per heavy atom. The highest BCUT2D eigenvalue weighted by atomic mass is 32.2. The zero-order valence-corrected chi connectivity index (χ0v) is 14.2. The summed E-state index contributed by atoms with van der Waals surface area (Å²) < 4.78 is 2.30. The molecule has 2 heterocycles. The average Bonchev–Trinajstić information content (AvgIpc) is 3.12. The van der Waals surface area contributed by atoms with Crippen LogP contribution in [0.4, 0.5) is 0 Å². The highest BCUT2D eigenvalue weighted by Gasteiger charge is 2.30. The lowest BCUT2D eigenvalue weighted by Gasteiger charge is -2.08. The summed E-state index contributed by atoms with van der Waals surface area (Å²) in [4.78, 5) is 1.18. The summed E-state index contributed by atoms with van der Waals surface area (Å²) in [5.74, 6) is 1.86. The highest BCUT2D eigenvalue weighted by molar-refractivity contribution is 7.98. The number of aliphatic hydroxyl groups excluding tert-OH is 1. The van der Waals surface area contributed by atoms with E-state index in [4.69, 9.17) is 5.11 Å². The van der Waals surface area contributed by atoms with Gasteiger partial charge in [-0.05, 0) is 35.4 Å². The fourth-order valence-corrected chi connectivity index (χ4v) is 4.17. The number of aromatic nitrogens is 3. The lowest BCUT2D eigenvalue weighted by molar-refractivity contribution is 0.282. The number of aliphatic hydroxyl groups is 1. The van der Waals surface area contributed by atoms with E-state index >= 15 is 0 Å². The van der Waals surface area contributed by atoms with Gasteiger partial charge < -0.3 is 5.11 Å². The SMILES string of the molecule is OCc1ccc(CSc2nnc(-c3cccs3)n2C2CC2)cc1. The van der Waals surface area contributed by atoms with E-state index < -0.39 is 0 Å². The van der Waals surface area contributed by atoms with Crippen LogP contribution in [0, 0.1) is 0 Å². The molecule has 6 heteroatoms. The molecule has 1 fully saturated rings. The molecule has 4 rings (SSSR count). The van der Waals surface area contributed by atoms with Crippen molar-refractivity contribution in [3.8, 4) is 10.7 Å². The van der Waals surface area contributed by atoms with Crippen molar-refractivity contribution in [1.29, 1.82) is 0 Å². The van der Waals surface area contributed by atoms with Crippen LogP contribution < -0.4 is 0 Å². The van der Waals surface area contributed by atoms with Crippen LogP contribution in [0.2, 0.25) is 0 Å². The molecule has 1 saturated carbocycles. The Balaban J connectivity index is 1.54. The van der Waals surface area contributed by atoms with Gasteiger partial charge in [-0.25, -0.2) is 0 Å². The fraction of sp³-hybridized carbons (Fsp3) is 0.294. The monoisotopic (exact) mass is 343 g/mol. The summed E-state index contributed by atoms with van der Waals surface area (Å²) in [7, 11) is 0. The molecule has 0 amide bonds. The van der Waals surface area contributed by atoms with Crippen LogP contribution >= 0.6 is 23.1 Å². The smallest absolute Gasteiger partial charge is 0.192 e. The first-order valence-electron chi connectivity index (χ1n) is 7.65. The van der Waals surface area contributed by atoms with Crippen LogP contribution in [0.25, 0.3) is 10.7 Å². The minimum Gasteiger partial charge on any atom is -0.392 e. The third-order valence-corrected chi connectivity index (χ3v) is 5.77. The maximum Gasteiger partial charge on any atom is 0.192 e. The summed E-state index contributed by atoms with van der Waals surface area (Å²) in [6.45, 7) is 0.0909. The molecule has 1 N–H and O–H groups in total. The highest BCUT2D eigenvalue weighted by Crippen LogP contribution is 2.42. The number of hydrogen-bond donors (Lipinski definition) is 1. The summed E-state index contributed by atoms with van der Waals surface area (Å²) >= 11 is 3.44. The molecular weight excluding hydrogens is 326 g/mol. The molecule has 0 spiro atoms. The number of nitrogens with zero attached hydrogens (tertiary/aromatic N) is 3. The third kappa shape index (κ3) is 3.20. The molecule has 1 aliphatic carbocycles. The maximum absolute atomic E-state index is 9.11. The second-order valence-corrected chi connectivity index (χ2v) is 7.54. The molecule has 4 nitrogen and oxygen atoms in total. The van der Waals surface area contributed by atoms with Crippen LogP contribution in [-0.4, -0.2) is 19.9 Å². The molecule has 0 aliphatic heterocycles. The van der Waals surface area contributed by atoms with Crippen molar-refractivity contribution in [3.63, 3.8) is 0 Å². The zero-order chi connectivity index (χ0) is 15.6. The lowest BCUT2D eigenvalue weighted by Crippen LogP contribution is -1.99. The van der Waals surface area contributed by atoms with Crippen molar-refractivity contribution in [1.82, 2.24) is 14.8 Å². The average molecular weight is 343 g/mol. The molecule has 23 heavy (non-hydrogen) atoms. The normalized spacial score (nSPS) is 14.3. The zero-order valence-electron chi connectivity index (χ0n) is 12.6. The molecule has 1 aromatic carbocycles. The minimum absolute atomic E-state index is 0.0909. The Morgan fingerprint density at radius 2 is 1.91 bits per heavy atom. The Hall–Kier alpha value is -1.63. The van der Waals surface area contributed by atoms with E-state index in [9.17, 15) is 0 Å². The number of thioether (sulfide) groups is 1. The van der Waals surface area contributed by atoms with Crippen molar-refractivity contribution >= 4 is 23.1 Å². The molecule has 0 unspecified atom stereocenters. The largest absolute Gasteiger partial charge is 0.392 e. The fourth-order valence-electron chi connectivity index (χ4n) is 2.50. The Morgan fingerprint density at radius 1 is 1.13 bits per heavy atom. The number of rotatable bonds is 6. The molecule has 3 aromatic rings. The van der Waals surface area contributed by atoms with Crippen molar-refractivity contribution in [2.45, 2.75) is 36.4 Å². The van der Waals surface area contributed by atoms with Gasteiger partial charge in [0.2, 0.25) is 0 Å². The van der Waals surface area contributed by atoms with Gasteiger partial charge in [0, 0.05) is 11.8 Å². The van der Waals surface area contributed by atoms with Gasteiger partial charge in [0.05, 0.1) is 11.5 Å². The first-order valence-corrected chi connectivity index (χ1v) is 9.52. The molecule has 1 aliphatic rings. The third-order valence-electron chi connectivity index (χ3n) is 3.89. The van der Waals surface area contributed by atoms with Gasteiger partial charge in [-0.15, -0.1) is 21.5 Å². The Bertz CT molecular complexity index is 777. The lowest BCUT2D eigenvalue weighted by atomic mass is 10.2. The minimum atomic E-state index is 0.0909. The molecule has 0 radical (unpaired) electrons. The molecule has 0 saturated heterocycles. The topological polar surface area (TPSA) is 50.9 Å². The van der Waals surface area contributed by atoms with E-state index in [1.165, 1.54) is 23.3 Å². The summed E-state index contributed by atoms with van der Waals surface area (Å²) in [5, 5.41) is 21.0. The molecule has 118 valence electrons. The van der Waals surface area contributed by atoms with Crippen LogP contribution in [0.3, 0.4) is 0 Å². The van der Waals surface area contributed by atoms with E-state index in [1.807, 2.05) is 12.1 Å². The summed E-state index contributed by atoms with van der Waals surface area (Å²) in [6, 6.07) is 12.8. The van der Waals surface area contributed by atoms with Crippen LogP contribution in [0.15, 0.2) is 46.9 Å².